The van der Waals surface area contributed by atoms with E-state index < -0.39 is 0 Å². The Bertz CT molecular complexity index is 741. The van der Waals surface area contributed by atoms with Crippen molar-refractivity contribution in [2.75, 3.05) is 44.2 Å². The van der Waals surface area contributed by atoms with E-state index in [2.05, 4.69) is 32.4 Å². The second-order valence-corrected chi connectivity index (χ2v) is 7.62. The molecule has 2 aromatic rings. The molecule has 28 heavy (non-hydrogen) atoms. The Hall–Kier alpha value is -1.42. The number of rotatable bonds is 6. The maximum atomic E-state index is 13.1. The lowest BCUT2D eigenvalue weighted by Crippen LogP contribution is -2.52. The van der Waals surface area contributed by atoms with E-state index >= 15 is 0 Å². The largest absolute Gasteiger partial charge is 0.368 e. The zero-order valence-electron chi connectivity index (χ0n) is 16.5. The summed E-state index contributed by atoms with van der Waals surface area (Å²) in [6.45, 7) is 9.45. The minimum Gasteiger partial charge on any atom is -0.368 e. The first kappa shape index (κ1) is 22.9. The molecule has 0 unspecified atom stereocenters. The molecule has 0 saturated carbocycles. The highest BCUT2D eigenvalue weighted by atomic mass is 127. The molecule has 0 aliphatic carbocycles. The van der Waals surface area contributed by atoms with Crippen molar-refractivity contribution in [1.29, 1.82) is 0 Å². The molecule has 1 N–H and O–H groups in total. The van der Waals surface area contributed by atoms with E-state index in [-0.39, 0.29) is 29.8 Å². The van der Waals surface area contributed by atoms with Crippen LogP contribution in [0.3, 0.4) is 0 Å². The van der Waals surface area contributed by atoms with E-state index in [1.54, 1.807) is 11.3 Å². The number of hydrogen-bond donors (Lipinski definition) is 1. The molecule has 1 aliphatic heterocycles. The minimum absolute atomic E-state index is 0. The van der Waals surface area contributed by atoms with E-state index in [1.807, 2.05) is 19.1 Å². The molecule has 1 aromatic carbocycles. The SMILES string of the molecule is CCNC(=NCCCc1nc(C)cs1)N1CCN(c2ccc(F)cc2)CC1.I. The summed E-state index contributed by atoms with van der Waals surface area (Å²) in [5.41, 5.74) is 2.18. The maximum absolute atomic E-state index is 13.1. The highest BCUT2D eigenvalue weighted by molar-refractivity contribution is 14.0. The number of piperazine rings is 1. The predicted molar refractivity (Wildman–Crippen MR) is 127 cm³/mol. The number of anilines is 1. The Balaban J connectivity index is 0.00000280. The van der Waals surface area contributed by atoms with E-state index in [0.717, 1.165) is 69.5 Å². The summed E-state index contributed by atoms with van der Waals surface area (Å²) in [4.78, 5) is 13.9. The number of hydrogen-bond acceptors (Lipinski definition) is 4. The summed E-state index contributed by atoms with van der Waals surface area (Å²) < 4.78 is 13.1. The second kappa shape index (κ2) is 11.5. The number of nitrogens with one attached hydrogen (secondary N) is 1. The highest BCUT2D eigenvalue weighted by Gasteiger charge is 2.19. The maximum Gasteiger partial charge on any atom is 0.194 e. The van der Waals surface area contributed by atoms with Crippen molar-refractivity contribution in [1.82, 2.24) is 15.2 Å². The molecule has 2 heterocycles. The molecular formula is C20H29FIN5S. The van der Waals surface area contributed by atoms with Gasteiger partial charge in [-0.05, 0) is 44.5 Å². The number of aliphatic imine (C=N–C) groups is 1. The van der Waals surface area contributed by atoms with Crippen LogP contribution in [-0.4, -0.2) is 55.1 Å². The molecule has 0 radical (unpaired) electrons. The van der Waals surface area contributed by atoms with E-state index in [1.165, 1.54) is 17.1 Å². The first-order chi connectivity index (χ1) is 13.2. The number of halogens is 2. The molecule has 3 rings (SSSR count). The summed E-state index contributed by atoms with van der Waals surface area (Å²) in [6.07, 6.45) is 2.00. The number of benzene rings is 1. The lowest BCUT2D eigenvalue weighted by atomic mass is 10.2. The summed E-state index contributed by atoms with van der Waals surface area (Å²) in [5.74, 6) is 0.804. The molecule has 0 spiro atoms. The Morgan fingerprint density at radius 1 is 1.21 bits per heavy atom. The van der Waals surface area contributed by atoms with Gasteiger partial charge in [-0.1, -0.05) is 0 Å². The first-order valence-electron chi connectivity index (χ1n) is 9.60. The highest BCUT2D eigenvalue weighted by Crippen LogP contribution is 2.17. The van der Waals surface area contributed by atoms with Gasteiger partial charge < -0.3 is 15.1 Å². The van der Waals surface area contributed by atoms with Crippen LogP contribution in [0, 0.1) is 12.7 Å². The normalized spacial score (nSPS) is 14.8. The van der Waals surface area contributed by atoms with E-state index in [0.29, 0.717) is 0 Å². The zero-order chi connectivity index (χ0) is 19.1. The van der Waals surface area contributed by atoms with Crippen molar-refractivity contribution in [2.45, 2.75) is 26.7 Å². The van der Waals surface area contributed by atoms with Crippen LogP contribution < -0.4 is 10.2 Å². The monoisotopic (exact) mass is 517 g/mol. The van der Waals surface area contributed by atoms with Gasteiger partial charge in [-0.15, -0.1) is 35.3 Å². The number of nitrogens with zero attached hydrogens (tertiary/aromatic N) is 4. The van der Waals surface area contributed by atoms with E-state index in [4.69, 9.17) is 4.99 Å². The zero-order valence-corrected chi connectivity index (χ0v) is 19.7. The van der Waals surface area contributed by atoms with Gasteiger partial charge in [-0.25, -0.2) is 9.37 Å². The first-order valence-corrected chi connectivity index (χ1v) is 10.5. The van der Waals surface area contributed by atoms with Gasteiger partial charge in [0.2, 0.25) is 0 Å². The molecule has 1 aromatic heterocycles. The van der Waals surface area contributed by atoms with Crippen molar-refractivity contribution in [3.63, 3.8) is 0 Å². The fourth-order valence-electron chi connectivity index (χ4n) is 3.19. The van der Waals surface area contributed by atoms with Crippen molar-refractivity contribution in [3.05, 3.63) is 46.2 Å². The van der Waals surface area contributed by atoms with Crippen LogP contribution in [0.25, 0.3) is 0 Å². The van der Waals surface area contributed by atoms with Crippen LogP contribution in [0.5, 0.6) is 0 Å². The smallest absolute Gasteiger partial charge is 0.194 e. The molecule has 1 fully saturated rings. The van der Waals surface area contributed by atoms with Gasteiger partial charge in [0.05, 0.1) is 5.01 Å². The van der Waals surface area contributed by atoms with Gasteiger partial charge in [0.15, 0.2) is 5.96 Å². The van der Waals surface area contributed by atoms with Crippen molar-refractivity contribution in [3.8, 4) is 0 Å². The van der Waals surface area contributed by atoms with Crippen molar-refractivity contribution in [2.24, 2.45) is 4.99 Å². The van der Waals surface area contributed by atoms with Gasteiger partial charge in [-0.3, -0.25) is 4.99 Å². The summed E-state index contributed by atoms with van der Waals surface area (Å²) >= 11 is 1.73. The summed E-state index contributed by atoms with van der Waals surface area (Å²) in [7, 11) is 0. The third-order valence-corrected chi connectivity index (χ3v) is 5.61. The Morgan fingerprint density at radius 3 is 2.54 bits per heavy atom. The third-order valence-electron chi connectivity index (χ3n) is 4.58. The van der Waals surface area contributed by atoms with Crippen LogP contribution in [0.1, 0.15) is 24.0 Å². The number of aromatic nitrogens is 1. The number of guanidine groups is 1. The van der Waals surface area contributed by atoms with Crippen molar-refractivity contribution < 1.29 is 4.39 Å². The number of thiazole rings is 1. The molecule has 154 valence electrons. The van der Waals surface area contributed by atoms with Gasteiger partial charge in [0.1, 0.15) is 5.82 Å². The van der Waals surface area contributed by atoms with Crippen LogP contribution >= 0.6 is 35.3 Å². The van der Waals surface area contributed by atoms with Gasteiger partial charge in [0, 0.05) is 62.5 Å². The Labute approximate surface area is 188 Å². The van der Waals surface area contributed by atoms with Crippen LogP contribution in [0.4, 0.5) is 10.1 Å². The Morgan fingerprint density at radius 2 is 1.93 bits per heavy atom. The molecule has 1 aliphatic rings. The molecule has 0 bridgehead atoms. The van der Waals surface area contributed by atoms with E-state index in [9.17, 15) is 4.39 Å². The average Bonchev–Trinajstić information content (AvgIpc) is 3.10. The summed E-state index contributed by atoms with van der Waals surface area (Å²) in [5, 5.41) is 6.71. The third kappa shape index (κ3) is 6.58. The average molecular weight is 517 g/mol. The van der Waals surface area contributed by atoms with Crippen LogP contribution in [0.15, 0.2) is 34.6 Å². The molecule has 0 atom stereocenters. The number of aryl methyl sites for hydroxylation is 2. The second-order valence-electron chi connectivity index (χ2n) is 6.67. The predicted octanol–water partition coefficient (Wildman–Crippen LogP) is 3.93. The van der Waals surface area contributed by atoms with Gasteiger partial charge >= 0.3 is 0 Å². The van der Waals surface area contributed by atoms with Crippen LogP contribution in [0.2, 0.25) is 0 Å². The van der Waals surface area contributed by atoms with Gasteiger partial charge in [0.25, 0.3) is 0 Å². The summed E-state index contributed by atoms with van der Waals surface area (Å²) in [6, 6.07) is 6.75. The lowest BCUT2D eigenvalue weighted by molar-refractivity contribution is 0.372. The van der Waals surface area contributed by atoms with Crippen LogP contribution in [-0.2, 0) is 6.42 Å². The molecule has 1 saturated heterocycles. The molecule has 0 amide bonds. The molecule has 8 heteroatoms. The standard InChI is InChI=1S/C20H28FN5S.HI/c1-3-22-20(23-10-4-5-19-24-16(2)15-27-19)26-13-11-25(12-14-26)18-8-6-17(21)7-9-18;/h6-9,15H,3-5,10-14H2,1-2H3,(H,22,23);1H. The fourth-order valence-corrected chi connectivity index (χ4v) is 4.01. The topological polar surface area (TPSA) is 43.8 Å². The molecule has 5 nitrogen and oxygen atoms in total. The Kier molecular flexibility index (Phi) is 9.43. The lowest BCUT2D eigenvalue weighted by Gasteiger charge is -2.37. The fraction of sp³-hybridized carbons (Fsp3) is 0.500. The molecular weight excluding hydrogens is 488 g/mol. The van der Waals surface area contributed by atoms with Gasteiger partial charge in [-0.2, -0.15) is 0 Å². The minimum atomic E-state index is -0.188. The quantitative estimate of drug-likeness (QED) is 0.273. The van der Waals surface area contributed by atoms with Crippen molar-refractivity contribution >= 4 is 47.0 Å².